The molecule has 1 aromatic heterocycles. The van der Waals surface area contributed by atoms with E-state index in [-0.39, 0.29) is 11.8 Å². The van der Waals surface area contributed by atoms with Crippen LogP contribution in [0.2, 0.25) is 0 Å². The van der Waals surface area contributed by atoms with Crippen molar-refractivity contribution >= 4 is 23.2 Å². The third-order valence-corrected chi connectivity index (χ3v) is 5.81. The molecule has 1 aliphatic heterocycles. The lowest BCUT2D eigenvalue weighted by atomic mass is 10.1. The second kappa shape index (κ2) is 8.35. The van der Waals surface area contributed by atoms with Crippen molar-refractivity contribution in [1.29, 1.82) is 0 Å². The Labute approximate surface area is 191 Å². The van der Waals surface area contributed by atoms with Crippen LogP contribution in [0.4, 0.5) is 11.4 Å². The van der Waals surface area contributed by atoms with Crippen molar-refractivity contribution in [2.24, 2.45) is 0 Å². The van der Waals surface area contributed by atoms with Gasteiger partial charge in [-0.3, -0.25) is 9.59 Å². The van der Waals surface area contributed by atoms with Crippen molar-refractivity contribution in [2.75, 3.05) is 16.8 Å². The first-order chi connectivity index (χ1) is 16.0. The number of benzene rings is 3. The number of carbonyl (C=O) groups is 2. The van der Waals surface area contributed by atoms with Crippen LogP contribution in [-0.2, 0) is 11.2 Å². The van der Waals surface area contributed by atoms with Crippen molar-refractivity contribution in [3.05, 3.63) is 83.4 Å². The van der Waals surface area contributed by atoms with Crippen LogP contribution in [0.25, 0.3) is 22.9 Å². The third-order valence-electron chi connectivity index (χ3n) is 5.81. The fraction of sp³-hybridized carbons (Fsp3) is 0.154. The average Bonchev–Trinajstić information content (AvgIpc) is 3.47. The minimum Gasteiger partial charge on any atom is -0.416 e. The summed E-state index contributed by atoms with van der Waals surface area (Å²) in [5, 5.41) is 11.2. The highest BCUT2D eigenvalue weighted by Crippen LogP contribution is 2.31. The van der Waals surface area contributed by atoms with Crippen LogP contribution in [0.15, 0.2) is 71.1 Å². The number of fused-ring (bicyclic) bond motifs is 1. The first-order valence-corrected chi connectivity index (χ1v) is 10.7. The van der Waals surface area contributed by atoms with E-state index in [1.165, 1.54) is 0 Å². The summed E-state index contributed by atoms with van der Waals surface area (Å²) in [6, 6.07) is 20.5. The Kier molecular flexibility index (Phi) is 5.22. The van der Waals surface area contributed by atoms with Gasteiger partial charge in [0.25, 0.3) is 5.91 Å². The van der Waals surface area contributed by atoms with Crippen LogP contribution in [0.5, 0.6) is 0 Å². The first-order valence-electron chi connectivity index (χ1n) is 10.7. The van der Waals surface area contributed by atoms with Gasteiger partial charge in [-0.15, -0.1) is 10.2 Å². The number of nitrogens with zero attached hydrogens (tertiary/aromatic N) is 3. The van der Waals surface area contributed by atoms with Crippen molar-refractivity contribution in [2.45, 2.75) is 20.3 Å². The molecule has 33 heavy (non-hydrogen) atoms. The van der Waals surface area contributed by atoms with E-state index >= 15 is 0 Å². The smallest absolute Gasteiger partial charge is 0.255 e. The van der Waals surface area contributed by atoms with Gasteiger partial charge in [-0.25, -0.2) is 0 Å². The molecule has 5 rings (SSSR count). The van der Waals surface area contributed by atoms with Gasteiger partial charge in [-0.2, -0.15) is 0 Å². The standard InChI is InChI=1S/C26H22N4O3/c1-16-5-3-4-6-22(16)26-29-28-25(33-26)19-9-7-18(8-10-19)24(32)27-21-11-12-23-20(15-21)13-14-30(23)17(2)31/h3-12,15H,13-14H2,1-2H3,(H,27,32). The van der Waals surface area contributed by atoms with Crippen LogP contribution in [0.1, 0.15) is 28.4 Å². The van der Waals surface area contributed by atoms with Gasteiger partial charge in [0.05, 0.1) is 0 Å². The van der Waals surface area contributed by atoms with Gasteiger partial charge in [-0.05, 0) is 73.0 Å². The van der Waals surface area contributed by atoms with E-state index in [0.717, 1.165) is 34.4 Å². The summed E-state index contributed by atoms with van der Waals surface area (Å²) in [6.07, 6.45) is 0.780. The molecule has 0 aliphatic carbocycles. The van der Waals surface area contributed by atoms with Crippen LogP contribution < -0.4 is 10.2 Å². The van der Waals surface area contributed by atoms with E-state index in [1.54, 1.807) is 36.1 Å². The van der Waals surface area contributed by atoms with Gasteiger partial charge in [0.2, 0.25) is 17.7 Å². The minimum atomic E-state index is -0.214. The minimum absolute atomic E-state index is 0.0258. The molecule has 0 spiro atoms. The lowest BCUT2D eigenvalue weighted by Crippen LogP contribution is -2.25. The summed E-state index contributed by atoms with van der Waals surface area (Å²) in [7, 11) is 0. The second-order valence-corrected chi connectivity index (χ2v) is 8.02. The molecular weight excluding hydrogens is 416 g/mol. The first kappa shape index (κ1) is 20.6. The van der Waals surface area contributed by atoms with E-state index in [0.29, 0.717) is 29.6 Å². The molecule has 1 N–H and O–H groups in total. The predicted molar refractivity (Wildman–Crippen MR) is 126 cm³/mol. The zero-order valence-electron chi connectivity index (χ0n) is 18.3. The Balaban J connectivity index is 1.30. The Bertz CT molecular complexity index is 1360. The number of aromatic nitrogens is 2. The molecule has 1 aliphatic rings. The maximum Gasteiger partial charge on any atom is 0.255 e. The highest BCUT2D eigenvalue weighted by atomic mass is 16.4. The van der Waals surface area contributed by atoms with E-state index in [2.05, 4.69) is 15.5 Å². The summed E-state index contributed by atoms with van der Waals surface area (Å²) in [4.78, 5) is 26.2. The van der Waals surface area contributed by atoms with Gasteiger partial charge in [0.15, 0.2) is 0 Å². The predicted octanol–water partition coefficient (Wildman–Crippen LogP) is 4.87. The molecule has 3 aromatic carbocycles. The van der Waals surface area contributed by atoms with Crippen LogP contribution in [-0.4, -0.2) is 28.6 Å². The van der Waals surface area contributed by atoms with Crippen LogP contribution in [0, 0.1) is 6.92 Å². The summed E-state index contributed by atoms with van der Waals surface area (Å²) in [5.74, 6) is 0.672. The van der Waals surface area contributed by atoms with Crippen molar-refractivity contribution < 1.29 is 14.0 Å². The van der Waals surface area contributed by atoms with Gasteiger partial charge in [0.1, 0.15) is 0 Å². The molecule has 7 heteroatoms. The van der Waals surface area contributed by atoms with Crippen molar-refractivity contribution in [1.82, 2.24) is 10.2 Å². The van der Waals surface area contributed by atoms with Gasteiger partial charge < -0.3 is 14.6 Å². The van der Waals surface area contributed by atoms with Gasteiger partial charge >= 0.3 is 0 Å². The summed E-state index contributed by atoms with van der Waals surface area (Å²) in [5.41, 5.74) is 5.87. The lowest BCUT2D eigenvalue weighted by molar-refractivity contribution is -0.116. The molecule has 0 saturated heterocycles. The zero-order valence-corrected chi connectivity index (χ0v) is 18.3. The molecule has 0 radical (unpaired) electrons. The monoisotopic (exact) mass is 438 g/mol. The number of hydrogen-bond acceptors (Lipinski definition) is 5. The number of carbonyl (C=O) groups excluding carboxylic acids is 2. The molecule has 0 unspecified atom stereocenters. The fourth-order valence-electron chi connectivity index (χ4n) is 4.04. The molecular formula is C26H22N4O3. The second-order valence-electron chi connectivity index (χ2n) is 8.02. The molecule has 4 aromatic rings. The largest absolute Gasteiger partial charge is 0.416 e. The fourth-order valence-corrected chi connectivity index (χ4v) is 4.04. The van der Waals surface area contributed by atoms with E-state index < -0.39 is 0 Å². The average molecular weight is 438 g/mol. The number of aryl methyl sites for hydroxylation is 1. The number of nitrogens with one attached hydrogen (secondary N) is 1. The Morgan fingerprint density at radius 1 is 0.970 bits per heavy atom. The lowest BCUT2D eigenvalue weighted by Gasteiger charge is -2.15. The van der Waals surface area contributed by atoms with E-state index in [4.69, 9.17) is 4.42 Å². The van der Waals surface area contributed by atoms with E-state index in [1.807, 2.05) is 49.4 Å². The van der Waals surface area contributed by atoms with Crippen molar-refractivity contribution in [3.63, 3.8) is 0 Å². The summed E-state index contributed by atoms with van der Waals surface area (Å²) in [6.45, 7) is 4.23. The molecule has 2 amide bonds. The molecule has 2 heterocycles. The van der Waals surface area contributed by atoms with Crippen LogP contribution in [0.3, 0.4) is 0 Å². The highest BCUT2D eigenvalue weighted by Gasteiger charge is 2.22. The van der Waals surface area contributed by atoms with Gasteiger partial charge in [0, 0.05) is 41.5 Å². The zero-order chi connectivity index (χ0) is 22.9. The molecule has 0 atom stereocenters. The quantitative estimate of drug-likeness (QED) is 0.491. The highest BCUT2D eigenvalue weighted by molar-refractivity contribution is 6.05. The summed E-state index contributed by atoms with van der Waals surface area (Å²) < 4.78 is 5.85. The van der Waals surface area contributed by atoms with E-state index in [9.17, 15) is 9.59 Å². The van der Waals surface area contributed by atoms with Gasteiger partial charge in [-0.1, -0.05) is 18.2 Å². The summed E-state index contributed by atoms with van der Waals surface area (Å²) >= 11 is 0. The Morgan fingerprint density at radius 3 is 2.48 bits per heavy atom. The number of hydrogen-bond donors (Lipinski definition) is 1. The number of anilines is 2. The molecule has 164 valence electrons. The normalized spacial score (nSPS) is 12.5. The topological polar surface area (TPSA) is 88.3 Å². The third kappa shape index (κ3) is 4.01. The molecule has 0 saturated carbocycles. The molecule has 0 bridgehead atoms. The van der Waals surface area contributed by atoms with Crippen molar-refractivity contribution in [3.8, 4) is 22.9 Å². The SMILES string of the molecule is CC(=O)N1CCc2cc(NC(=O)c3ccc(-c4nnc(-c5ccccc5C)o4)cc3)ccc21. The maximum absolute atomic E-state index is 12.7. The number of rotatable bonds is 4. The molecule has 0 fully saturated rings. The maximum atomic E-state index is 12.7. The van der Waals surface area contributed by atoms with Crippen LogP contribution >= 0.6 is 0 Å². The Hall–Kier alpha value is -4.26. The Morgan fingerprint density at radius 2 is 1.73 bits per heavy atom. The molecule has 7 nitrogen and oxygen atoms in total. The number of amides is 2.